The molecule has 2 N–H and O–H groups in total. The van der Waals surface area contributed by atoms with Gasteiger partial charge < -0.3 is 14.9 Å². The zero-order chi connectivity index (χ0) is 25.5. The third-order valence-electron chi connectivity index (χ3n) is 8.36. The maximum Gasteiger partial charge on any atom is 0.127 e. The van der Waals surface area contributed by atoms with E-state index in [4.69, 9.17) is 4.74 Å². The molecule has 0 heterocycles. The molecule has 0 atom stereocenters. The lowest BCUT2D eigenvalue weighted by atomic mass is 9.52. The van der Waals surface area contributed by atoms with Crippen molar-refractivity contribution < 1.29 is 14.9 Å². The highest BCUT2D eigenvalue weighted by molar-refractivity contribution is 6.07. The van der Waals surface area contributed by atoms with Gasteiger partial charge in [-0.1, -0.05) is 64.1 Å². The van der Waals surface area contributed by atoms with E-state index in [1.54, 1.807) is 19.2 Å². The number of hydrogen-bond acceptors (Lipinski definition) is 3. The SMILES string of the molecule is COc1cc2c3c(cc(O)c2cc1-c1ccc(O)cc1)C1(CC(C)(C)CC(C)(C)C1)c1ccccc1-3. The number of phenols is 2. The predicted octanol–water partition coefficient (Wildman–Crippen LogP) is 8.43. The molecule has 184 valence electrons. The third kappa shape index (κ3) is 3.32. The maximum atomic E-state index is 11.5. The number of phenolic OH excluding ortho intramolecular Hbond substituents is 2. The van der Waals surface area contributed by atoms with Gasteiger partial charge in [-0.2, -0.15) is 0 Å². The van der Waals surface area contributed by atoms with E-state index in [2.05, 4.69) is 58.0 Å². The second-order valence-corrected chi connectivity index (χ2v) is 12.4. The molecule has 0 amide bonds. The number of benzene rings is 4. The molecule has 1 fully saturated rings. The minimum atomic E-state index is -0.133. The summed E-state index contributed by atoms with van der Waals surface area (Å²) in [5.74, 6) is 1.28. The molecule has 0 saturated heterocycles. The predicted molar refractivity (Wildman–Crippen MR) is 147 cm³/mol. The zero-order valence-electron chi connectivity index (χ0n) is 21.8. The molecule has 36 heavy (non-hydrogen) atoms. The normalized spacial score (nSPS) is 18.7. The summed E-state index contributed by atoms with van der Waals surface area (Å²) < 4.78 is 5.88. The number of methoxy groups -OCH3 is 1. The van der Waals surface area contributed by atoms with Gasteiger partial charge in [0, 0.05) is 16.4 Å². The number of ether oxygens (including phenoxy) is 1. The Morgan fingerprint density at radius 3 is 2.03 bits per heavy atom. The summed E-state index contributed by atoms with van der Waals surface area (Å²) in [6.07, 6.45) is 3.30. The summed E-state index contributed by atoms with van der Waals surface area (Å²) in [5, 5.41) is 23.1. The number of hydrogen-bond donors (Lipinski definition) is 2. The van der Waals surface area contributed by atoms with Crippen LogP contribution in [0.1, 0.15) is 58.1 Å². The standard InChI is InChI=1S/C33H34O3/c1-31(2)17-32(3,4)19-33(18-31)26-9-7-6-8-22(26)30-25-15-29(36-5)23(20-10-12-21(34)13-11-20)14-24(25)28(35)16-27(30)33/h6-16,34-35H,17-19H2,1-5H3. The van der Waals surface area contributed by atoms with E-state index in [9.17, 15) is 10.2 Å². The highest BCUT2D eigenvalue weighted by Gasteiger charge is 2.53. The van der Waals surface area contributed by atoms with Gasteiger partial charge in [0.2, 0.25) is 0 Å². The molecule has 0 unspecified atom stereocenters. The summed E-state index contributed by atoms with van der Waals surface area (Å²) in [6.45, 7) is 9.57. The van der Waals surface area contributed by atoms with Crippen LogP contribution in [0.3, 0.4) is 0 Å². The molecule has 2 aliphatic carbocycles. The topological polar surface area (TPSA) is 49.7 Å². The fourth-order valence-electron chi connectivity index (χ4n) is 7.89. The van der Waals surface area contributed by atoms with E-state index >= 15 is 0 Å². The molecular formula is C33H34O3. The van der Waals surface area contributed by atoms with E-state index in [1.807, 2.05) is 24.3 Å². The van der Waals surface area contributed by atoms with Crippen molar-refractivity contribution in [3.05, 3.63) is 77.9 Å². The van der Waals surface area contributed by atoms with Gasteiger partial charge in [0.1, 0.15) is 17.2 Å². The number of fused-ring (bicyclic) bond motifs is 7. The molecule has 0 bridgehead atoms. The van der Waals surface area contributed by atoms with Crippen LogP contribution in [0.2, 0.25) is 0 Å². The molecule has 0 aliphatic heterocycles. The Bertz CT molecular complexity index is 1490. The van der Waals surface area contributed by atoms with Crippen LogP contribution in [0.5, 0.6) is 17.2 Å². The van der Waals surface area contributed by atoms with Crippen molar-refractivity contribution in [2.45, 2.75) is 52.4 Å². The van der Waals surface area contributed by atoms with E-state index in [-0.39, 0.29) is 22.0 Å². The van der Waals surface area contributed by atoms with Crippen molar-refractivity contribution in [2.24, 2.45) is 10.8 Å². The van der Waals surface area contributed by atoms with Crippen LogP contribution in [0, 0.1) is 10.8 Å². The van der Waals surface area contributed by atoms with E-state index in [1.165, 1.54) is 28.7 Å². The molecule has 4 aromatic carbocycles. The second kappa shape index (κ2) is 7.52. The fourth-order valence-corrected chi connectivity index (χ4v) is 7.89. The first-order valence-electron chi connectivity index (χ1n) is 12.8. The van der Waals surface area contributed by atoms with E-state index in [0.29, 0.717) is 5.75 Å². The lowest BCUT2D eigenvalue weighted by Gasteiger charge is -2.51. The van der Waals surface area contributed by atoms with Gasteiger partial charge in [0.05, 0.1) is 7.11 Å². The Kier molecular flexibility index (Phi) is 4.80. The van der Waals surface area contributed by atoms with Crippen molar-refractivity contribution in [3.8, 4) is 39.5 Å². The van der Waals surface area contributed by atoms with Crippen molar-refractivity contribution in [3.63, 3.8) is 0 Å². The van der Waals surface area contributed by atoms with Gasteiger partial charge in [-0.25, -0.2) is 0 Å². The minimum absolute atomic E-state index is 0.133. The monoisotopic (exact) mass is 478 g/mol. The molecule has 1 saturated carbocycles. The average molecular weight is 479 g/mol. The lowest BCUT2D eigenvalue weighted by molar-refractivity contribution is 0.0645. The summed E-state index contributed by atoms with van der Waals surface area (Å²) in [4.78, 5) is 0. The van der Waals surface area contributed by atoms with E-state index in [0.717, 1.165) is 40.5 Å². The van der Waals surface area contributed by atoms with Crippen LogP contribution in [-0.4, -0.2) is 17.3 Å². The van der Waals surface area contributed by atoms with Crippen LogP contribution >= 0.6 is 0 Å². The molecule has 2 aliphatic rings. The third-order valence-corrected chi connectivity index (χ3v) is 8.36. The molecule has 0 aromatic heterocycles. The van der Waals surface area contributed by atoms with Crippen LogP contribution in [-0.2, 0) is 5.41 Å². The molecule has 6 rings (SSSR count). The summed E-state index contributed by atoms with van der Waals surface area (Å²) in [5.41, 5.74) is 7.17. The van der Waals surface area contributed by atoms with Crippen molar-refractivity contribution in [1.29, 1.82) is 0 Å². The van der Waals surface area contributed by atoms with Crippen LogP contribution < -0.4 is 4.74 Å². The molecular weight excluding hydrogens is 444 g/mol. The van der Waals surface area contributed by atoms with Gasteiger partial charge in [0.25, 0.3) is 0 Å². The minimum Gasteiger partial charge on any atom is -0.508 e. The lowest BCUT2D eigenvalue weighted by Crippen LogP contribution is -2.43. The highest BCUT2D eigenvalue weighted by atomic mass is 16.5. The smallest absolute Gasteiger partial charge is 0.127 e. The second-order valence-electron chi connectivity index (χ2n) is 12.4. The molecule has 3 heteroatoms. The quantitative estimate of drug-likeness (QED) is 0.304. The molecule has 4 aromatic rings. The molecule has 0 radical (unpaired) electrons. The fraction of sp³-hybridized carbons (Fsp3) is 0.333. The Balaban J connectivity index is 1.68. The number of aromatic hydroxyl groups is 2. The average Bonchev–Trinajstić information content (AvgIpc) is 3.05. The number of rotatable bonds is 2. The summed E-state index contributed by atoms with van der Waals surface area (Å²) in [7, 11) is 1.69. The van der Waals surface area contributed by atoms with Gasteiger partial charge in [-0.3, -0.25) is 0 Å². The van der Waals surface area contributed by atoms with Crippen LogP contribution in [0.15, 0.2) is 66.7 Å². The largest absolute Gasteiger partial charge is 0.508 e. The molecule has 1 spiro atoms. The first kappa shape index (κ1) is 23.0. The maximum absolute atomic E-state index is 11.5. The van der Waals surface area contributed by atoms with Crippen molar-refractivity contribution in [2.75, 3.05) is 7.11 Å². The summed E-state index contributed by atoms with van der Waals surface area (Å²) in [6, 6.07) is 22.1. The highest BCUT2D eigenvalue weighted by Crippen LogP contribution is 2.65. The zero-order valence-corrected chi connectivity index (χ0v) is 21.8. The van der Waals surface area contributed by atoms with Crippen molar-refractivity contribution in [1.82, 2.24) is 0 Å². The van der Waals surface area contributed by atoms with Gasteiger partial charge in [0.15, 0.2) is 0 Å². The first-order chi connectivity index (χ1) is 17.0. The Morgan fingerprint density at radius 2 is 1.36 bits per heavy atom. The van der Waals surface area contributed by atoms with Crippen molar-refractivity contribution >= 4 is 10.8 Å². The van der Waals surface area contributed by atoms with Gasteiger partial charge >= 0.3 is 0 Å². The Hall–Kier alpha value is -3.46. The Labute approximate surface area is 213 Å². The first-order valence-corrected chi connectivity index (χ1v) is 12.8. The summed E-state index contributed by atoms with van der Waals surface area (Å²) >= 11 is 0. The van der Waals surface area contributed by atoms with Gasteiger partial charge in [-0.05, 0) is 93.6 Å². The van der Waals surface area contributed by atoms with E-state index < -0.39 is 0 Å². The van der Waals surface area contributed by atoms with Crippen LogP contribution in [0.25, 0.3) is 33.0 Å². The molecule has 3 nitrogen and oxygen atoms in total. The van der Waals surface area contributed by atoms with Gasteiger partial charge in [-0.15, -0.1) is 0 Å². The van der Waals surface area contributed by atoms with Crippen LogP contribution in [0.4, 0.5) is 0 Å². The Morgan fingerprint density at radius 1 is 0.694 bits per heavy atom.